The van der Waals surface area contributed by atoms with Crippen molar-refractivity contribution in [1.82, 2.24) is 19.9 Å². The molecule has 1 aliphatic rings. The second kappa shape index (κ2) is 8.68. The fourth-order valence-electron chi connectivity index (χ4n) is 3.08. The van der Waals surface area contributed by atoms with E-state index in [1.165, 1.54) is 13.1 Å². The first-order valence-electron chi connectivity index (χ1n) is 9.09. The number of pyridine rings is 1. The highest BCUT2D eigenvalue weighted by atomic mass is 32.2. The monoisotopic (exact) mass is 403 g/mol. The number of nitrogens with zero attached hydrogens (tertiary/aromatic N) is 3. The maximum absolute atomic E-state index is 12.6. The summed E-state index contributed by atoms with van der Waals surface area (Å²) in [5, 5.41) is 2.80. The second-order valence-electron chi connectivity index (χ2n) is 6.72. The molecule has 1 amide bonds. The highest BCUT2D eigenvalue weighted by Crippen LogP contribution is 2.27. The zero-order valence-electron chi connectivity index (χ0n) is 16.1. The summed E-state index contributed by atoms with van der Waals surface area (Å²) in [5.41, 5.74) is 1.79. The van der Waals surface area contributed by atoms with E-state index in [1.54, 1.807) is 30.6 Å². The molecule has 2 heterocycles. The summed E-state index contributed by atoms with van der Waals surface area (Å²) < 4.78 is 27.6. The number of hydrogen-bond acceptors (Lipinski definition) is 6. The molecule has 9 heteroatoms. The van der Waals surface area contributed by atoms with Gasteiger partial charge in [-0.25, -0.2) is 13.1 Å². The number of aromatic nitrogens is 1. The minimum Gasteiger partial charge on any atom is -0.368 e. The summed E-state index contributed by atoms with van der Waals surface area (Å²) in [7, 11) is -0.297. The average Bonchev–Trinajstić information content (AvgIpc) is 2.73. The number of piperazine rings is 1. The number of benzene rings is 1. The maximum Gasteiger partial charge on any atom is 0.251 e. The highest BCUT2D eigenvalue weighted by molar-refractivity contribution is 7.89. The fraction of sp³-hybridized carbons (Fsp3) is 0.368. The van der Waals surface area contributed by atoms with Gasteiger partial charge in [-0.3, -0.25) is 9.78 Å². The Balaban J connectivity index is 1.85. The summed E-state index contributed by atoms with van der Waals surface area (Å²) >= 11 is 0. The molecular formula is C19H25N5O3S. The average molecular weight is 404 g/mol. The van der Waals surface area contributed by atoms with Crippen molar-refractivity contribution in [2.24, 2.45) is 0 Å². The Hall–Kier alpha value is -2.49. The first-order valence-corrected chi connectivity index (χ1v) is 10.6. The zero-order chi connectivity index (χ0) is 20.1. The third-order valence-corrected chi connectivity index (χ3v) is 6.24. The minimum atomic E-state index is -3.71. The van der Waals surface area contributed by atoms with Crippen LogP contribution >= 0.6 is 0 Å². The summed E-state index contributed by atoms with van der Waals surface area (Å²) in [4.78, 5) is 20.9. The maximum atomic E-state index is 12.6. The van der Waals surface area contributed by atoms with Crippen LogP contribution in [0.3, 0.4) is 0 Å². The largest absolute Gasteiger partial charge is 0.368 e. The van der Waals surface area contributed by atoms with Gasteiger partial charge in [-0.05, 0) is 43.9 Å². The van der Waals surface area contributed by atoms with Crippen molar-refractivity contribution in [2.75, 3.05) is 45.2 Å². The van der Waals surface area contributed by atoms with E-state index in [0.29, 0.717) is 17.8 Å². The van der Waals surface area contributed by atoms with Crippen molar-refractivity contribution >= 4 is 21.6 Å². The Morgan fingerprint density at radius 3 is 2.57 bits per heavy atom. The lowest BCUT2D eigenvalue weighted by Crippen LogP contribution is -2.45. The van der Waals surface area contributed by atoms with Crippen molar-refractivity contribution < 1.29 is 13.2 Å². The number of amides is 1. The van der Waals surface area contributed by atoms with Crippen LogP contribution in [0.2, 0.25) is 0 Å². The van der Waals surface area contributed by atoms with Gasteiger partial charge < -0.3 is 15.1 Å². The predicted molar refractivity (Wildman–Crippen MR) is 108 cm³/mol. The van der Waals surface area contributed by atoms with Gasteiger partial charge in [0.25, 0.3) is 5.91 Å². The molecule has 0 saturated carbocycles. The predicted octanol–water partition coefficient (Wildman–Crippen LogP) is 0.671. The molecule has 8 nitrogen and oxygen atoms in total. The van der Waals surface area contributed by atoms with Crippen LogP contribution in [-0.2, 0) is 16.6 Å². The van der Waals surface area contributed by atoms with Crippen LogP contribution < -0.4 is 14.9 Å². The molecule has 2 aromatic rings. The number of carbonyl (C=O) groups excluding carboxylic acids is 1. The lowest BCUT2D eigenvalue weighted by atomic mass is 10.1. The van der Waals surface area contributed by atoms with Crippen molar-refractivity contribution in [2.45, 2.75) is 11.4 Å². The molecule has 150 valence electrons. The Labute approximate surface area is 165 Å². The van der Waals surface area contributed by atoms with Gasteiger partial charge in [-0.15, -0.1) is 0 Å². The van der Waals surface area contributed by atoms with E-state index in [4.69, 9.17) is 0 Å². The molecule has 0 atom stereocenters. The van der Waals surface area contributed by atoms with E-state index in [-0.39, 0.29) is 10.8 Å². The van der Waals surface area contributed by atoms with E-state index >= 15 is 0 Å². The van der Waals surface area contributed by atoms with Crippen LogP contribution in [0.4, 0.5) is 5.69 Å². The van der Waals surface area contributed by atoms with Gasteiger partial charge in [0.05, 0.1) is 5.69 Å². The lowest BCUT2D eigenvalue weighted by Gasteiger charge is -2.35. The fourth-order valence-corrected chi connectivity index (χ4v) is 4.05. The Morgan fingerprint density at radius 2 is 1.93 bits per heavy atom. The Morgan fingerprint density at radius 1 is 1.18 bits per heavy atom. The molecule has 1 saturated heterocycles. The third kappa shape index (κ3) is 4.67. The van der Waals surface area contributed by atoms with Crippen molar-refractivity contribution in [3.05, 3.63) is 53.9 Å². The van der Waals surface area contributed by atoms with Crippen molar-refractivity contribution in [3.8, 4) is 0 Å². The molecule has 1 fully saturated rings. The highest BCUT2D eigenvalue weighted by Gasteiger charge is 2.24. The third-order valence-electron chi connectivity index (χ3n) is 4.80. The summed E-state index contributed by atoms with van der Waals surface area (Å²) in [6, 6.07) is 8.48. The zero-order valence-corrected chi connectivity index (χ0v) is 16.9. The number of sulfonamides is 1. The molecule has 1 aromatic heterocycles. The summed E-state index contributed by atoms with van der Waals surface area (Å²) in [6.07, 6.45) is 3.34. The number of anilines is 1. The summed E-state index contributed by atoms with van der Waals surface area (Å²) in [5.74, 6) is -0.332. The molecule has 0 bridgehead atoms. The normalized spacial score (nSPS) is 15.4. The Bertz CT molecular complexity index is 926. The van der Waals surface area contributed by atoms with E-state index < -0.39 is 10.0 Å². The van der Waals surface area contributed by atoms with E-state index in [0.717, 1.165) is 31.7 Å². The molecule has 28 heavy (non-hydrogen) atoms. The van der Waals surface area contributed by atoms with Gasteiger partial charge >= 0.3 is 0 Å². The van der Waals surface area contributed by atoms with Gasteiger partial charge in [-0.1, -0.05) is 6.07 Å². The molecule has 1 aliphatic heterocycles. The molecule has 0 spiro atoms. The molecular weight excluding hydrogens is 378 g/mol. The van der Waals surface area contributed by atoms with Gasteiger partial charge in [0, 0.05) is 50.7 Å². The number of rotatable bonds is 6. The van der Waals surface area contributed by atoms with Crippen LogP contribution in [0.15, 0.2) is 47.6 Å². The SMILES string of the molecule is CNS(=O)(=O)c1cc(C(=O)NCc2cccnc2)ccc1N1CCN(C)CC1. The topological polar surface area (TPSA) is 94.6 Å². The number of hydrogen-bond donors (Lipinski definition) is 2. The molecule has 0 aliphatic carbocycles. The smallest absolute Gasteiger partial charge is 0.251 e. The van der Waals surface area contributed by atoms with E-state index in [9.17, 15) is 13.2 Å². The number of likely N-dealkylation sites (N-methyl/N-ethyl adjacent to an activating group) is 1. The molecule has 0 radical (unpaired) electrons. The summed E-state index contributed by atoms with van der Waals surface area (Å²) in [6.45, 7) is 3.49. The standard InChI is InChI=1S/C19H25N5O3S/c1-20-28(26,27)18-12-16(19(25)22-14-15-4-3-7-21-13-15)5-6-17(18)24-10-8-23(2)9-11-24/h3-7,12-13,20H,8-11,14H2,1-2H3,(H,22,25). The molecule has 0 unspecified atom stereocenters. The van der Waals surface area contributed by atoms with Gasteiger partial charge in [0.1, 0.15) is 4.90 Å². The molecule has 1 aromatic carbocycles. The Kier molecular flexibility index (Phi) is 6.28. The van der Waals surface area contributed by atoms with E-state index in [2.05, 4.69) is 19.9 Å². The van der Waals surface area contributed by atoms with Crippen LogP contribution in [-0.4, -0.2) is 64.5 Å². The first kappa shape index (κ1) is 20.2. The van der Waals surface area contributed by atoms with Crippen molar-refractivity contribution in [3.63, 3.8) is 0 Å². The van der Waals surface area contributed by atoms with Gasteiger partial charge in [0.15, 0.2) is 0 Å². The van der Waals surface area contributed by atoms with Crippen molar-refractivity contribution in [1.29, 1.82) is 0 Å². The van der Waals surface area contributed by atoms with Crippen LogP contribution in [0.1, 0.15) is 15.9 Å². The van der Waals surface area contributed by atoms with Gasteiger partial charge in [0.2, 0.25) is 10.0 Å². The second-order valence-corrected chi connectivity index (χ2v) is 8.58. The lowest BCUT2D eigenvalue weighted by molar-refractivity contribution is 0.0950. The minimum absolute atomic E-state index is 0.119. The number of nitrogens with one attached hydrogen (secondary N) is 2. The van der Waals surface area contributed by atoms with E-state index in [1.807, 2.05) is 18.0 Å². The first-order chi connectivity index (χ1) is 13.4. The quantitative estimate of drug-likeness (QED) is 0.736. The molecule has 3 rings (SSSR count). The number of carbonyl (C=O) groups is 1. The van der Waals surface area contributed by atoms with Crippen LogP contribution in [0, 0.1) is 0 Å². The molecule has 2 N–H and O–H groups in total. The van der Waals surface area contributed by atoms with Gasteiger partial charge in [-0.2, -0.15) is 0 Å². The van der Waals surface area contributed by atoms with Crippen LogP contribution in [0.5, 0.6) is 0 Å². The van der Waals surface area contributed by atoms with Crippen LogP contribution in [0.25, 0.3) is 0 Å².